The second-order valence-electron chi connectivity index (χ2n) is 5.79. The molecule has 0 atom stereocenters. The highest BCUT2D eigenvalue weighted by Crippen LogP contribution is 2.40. The van der Waals surface area contributed by atoms with Gasteiger partial charge in [-0.05, 0) is 45.1 Å². The zero-order chi connectivity index (χ0) is 15.3. The minimum absolute atomic E-state index is 0.233. The molecule has 0 bridgehead atoms. The van der Waals surface area contributed by atoms with Gasteiger partial charge in [-0.2, -0.15) is 13.2 Å². The van der Waals surface area contributed by atoms with Crippen LogP contribution in [-0.2, 0) is 12.1 Å². The Labute approximate surface area is 120 Å². The highest BCUT2D eigenvalue weighted by Gasteiger charge is 2.46. The fraction of sp³-hybridized carbons (Fsp3) is 0.643. The van der Waals surface area contributed by atoms with E-state index in [1.807, 2.05) is 7.05 Å². The van der Waals surface area contributed by atoms with Crippen molar-refractivity contribution in [3.63, 3.8) is 0 Å². The summed E-state index contributed by atoms with van der Waals surface area (Å²) in [5, 5.41) is 3.28. The number of carbonyl (C=O) groups is 1. The van der Waals surface area contributed by atoms with E-state index in [1.165, 1.54) is 6.07 Å². The highest BCUT2D eigenvalue weighted by molar-refractivity contribution is 5.99. The molecular weight excluding hydrogens is 283 g/mol. The molecular formula is C14H18F3N3O. The molecule has 0 unspecified atom stereocenters. The summed E-state index contributed by atoms with van der Waals surface area (Å²) in [5.74, 6) is -1.75. The van der Waals surface area contributed by atoms with Crippen LogP contribution < -0.4 is 5.32 Å². The Balaban J connectivity index is 2.05. The number of ketones is 1. The van der Waals surface area contributed by atoms with Crippen LogP contribution in [0.25, 0.3) is 0 Å². The summed E-state index contributed by atoms with van der Waals surface area (Å²) in [5.41, 5.74) is 0.349. The first-order valence-corrected chi connectivity index (χ1v) is 7.10. The van der Waals surface area contributed by atoms with Gasteiger partial charge in [0.1, 0.15) is 0 Å². The van der Waals surface area contributed by atoms with E-state index >= 15 is 0 Å². The van der Waals surface area contributed by atoms with Crippen LogP contribution in [0.3, 0.4) is 0 Å². The van der Waals surface area contributed by atoms with E-state index in [0.717, 1.165) is 31.6 Å². The molecule has 3 rings (SSSR count). The van der Waals surface area contributed by atoms with Gasteiger partial charge in [-0.1, -0.05) is 0 Å². The van der Waals surface area contributed by atoms with Crippen LogP contribution in [-0.4, -0.2) is 48.1 Å². The fourth-order valence-electron chi connectivity index (χ4n) is 3.60. The summed E-state index contributed by atoms with van der Waals surface area (Å²) in [6.45, 7) is 2.74. The van der Waals surface area contributed by atoms with E-state index in [4.69, 9.17) is 0 Å². The molecule has 0 aromatic carbocycles. The van der Waals surface area contributed by atoms with Gasteiger partial charge in [-0.15, -0.1) is 0 Å². The van der Waals surface area contributed by atoms with Crippen LogP contribution >= 0.6 is 0 Å². The van der Waals surface area contributed by atoms with Crippen molar-refractivity contribution in [2.75, 3.05) is 26.7 Å². The molecule has 116 valence electrons. The van der Waals surface area contributed by atoms with E-state index in [-0.39, 0.29) is 11.2 Å². The first-order valence-electron chi connectivity index (χ1n) is 7.10. The highest BCUT2D eigenvalue weighted by atomic mass is 19.4. The predicted octanol–water partition coefficient (Wildman–Crippen LogP) is 1.76. The van der Waals surface area contributed by atoms with Crippen molar-refractivity contribution < 1.29 is 18.0 Å². The molecule has 4 nitrogen and oxygen atoms in total. The van der Waals surface area contributed by atoms with Crippen molar-refractivity contribution in [3.05, 3.63) is 23.5 Å². The maximum atomic E-state index is 12.7. The number of nitrogens with zero attached hydrogens (tertiary/aromatic N) is 2. The summed E-state index contributed by atoms with van der Waals surface area (Å²) in [6.07, 6.45) is -3.14. The normalized spacial score (nSPS) is 22.3. The molecule has 7 heteroatoms. The average Bonchev–Trinajstić information content (AvgIpc) is 2.87. The topological polar surface area (TPSA) is 37.3 Å². The molecule has 1 aromatic rings. The maximum Gasteiger partial charge on any atom is 0.456 e. The lowest BCUT2D eigenvalue weighted by Gasteiger charge is -2.48. The summed E-state index contributed by atoms with van der Waals surface area (Å²) >= 11 is 0. The van der Waals surface area contributed by atoms with E-state index < -0.39 is 12.0 Å². The van der Waals surface area contributed by atoms with Gasteiger partial charge in [-0.3, -0.25) is 9.69 Å². The van der Waals surface area contributed by atoms with Crippen LogP contribution in [0.5, 0.6) is 0 Å². The third kappa shape index (κ3) is 2.19. The number of hydrogen-bond donors (Lipinski definition) is 1. The van der Waals surface area contributed by atoms with Crippen molar-refractivity contribution in [2.24, 2.45) is 0 Å². The lowest BCUT2D eigenvalue weighted by molar-refractivity contribution is -0.0892. The molecule has 0 saturated carbocycles. The van der Waals surface area contributed by atoms with Gasteiger partial charge in [0.05, 0.1) is 11.2 Å². The average molecular weight is 301 g/mol. The van der Waals surface area contributed by atoms with E-state index in [1.54, 1.807) is 10.6 Å². The number of Topliss-reactive ketones (excluding diaryl/α,β-unsaturated/α-hetero) is 1. The minimum Gasteiger partial charge on any atom is -0.339 e. The van der Waals surface area contributed by atoms with Crippen LogP contribution in [0.4, 0.5) is 13.2 Å². The Morgan fingerprint density at radius 3 is 2.52 bits per heavy atom. The van der Waals surface area contributed by atoms with Gasteiger partial charge in [0.2, 0.25) is 0 Å². The van der Waals surface area contributed by atoms with Gasteiger partial charge in [0.25, 0.3) is 5.78 Å². The summed E-state index contributed by atoms with van der Waals surface area (Å²) in [6, 6.07) is 3.02. The van der Waals surface area contributed by atoms with Crippen molar-refractivity contribution >= 4 is 5.78 Å². The Kier molecular flexibility index (Phi) is 3.37. The van der Waals surface area contributed by atoms with Crippen molar-refractivity contribution in [2.45, 2.75) is 31.1 Å². The van der Waals surface area contributed by atoms with Crippen molar-refractivity contribution in [1.29, 1.82) is 0 Å². The van der Waals surface area contributed by atoms with Crippen LogP contribution in [0.15, 0.2) is 12.1 Å². The number of nitrogens with one attached hydrogen (secondary N) is 1. The third-order valence-corrected chi connectivity index (χ3v) is 4.77. The van der Waals surface area contributed by atoms with Crippen molar-refractivity contribution in [3.8, 4) is 0 Å². The number of likely N-dealkylation sites (N-methyl/N-ethyl adjacent to an activating group) is 1. The van der Waals surface area contributed by atoms with E-state index in [0.29, 0.717) is 13.1 Å². The fourth-order valence-corrected chi connectivity index (χ4v) is 3.60. The molecule has 1 fully saturated rings. The number of piperidine rings is 1. The number of aromatic nitrogens is 1. The van der Waals surface area contributed by atoms with Gasteiger partial charge in [-0.25, -0.2) is 0 Å². The lowest BCUT2D eigenvalue weighted by atomic mass is 9.82. The predicted molar refractivity (Wildman–Crippen MR) is 71.2 cm³/mol. The van der Waals surface area contributed by atoms with Crippen LogP contribution in [0.2, 0.25) is 0 Å². The molecule has 1 saturated heterocycles. The second kappa shape index (κ2) is 4.84. The molecule has 2 aliphatic heterocycles. The molecule has 3 heterocycles. The maximum absolute atomic E-state index is 12.7. The first kappa shape index (κ1) is 14.6. The molecule has 0 radical (unpaired) electrons. The Morgan fingerprint density at radius 2 is 1.90 bits per heavy atom. The molecule has 2 aliphatic rings. The molecule has 1 spiro atoms. The van der Waals surface area contributed by atoms with Gasteiger partial charge in [0.15, 0.2) is 0 Å². The number of hydrogen-bond acceptors (Lipinski definition) is 3. The van der Waals surface area contributed by atoms with E-state index in [2.05, 4.69) is 10.2 Å². The number of rotatable bonds is 1. The quantitative estimate of drug-likeness (QED) is 0.803. The summed E-state index contributed by atoms with van der Waals surface area (Å²) < 4.78 is 39.7. The largest absolute Gasteiger partial charge is 0.456 e. The standard InChI is InChI=1S/C14H18F3N3O/c1-19-8-9-20-10(12(21)14(15,16)17)2-3-11(20)13(19)4-6-18-7-5-13/h2-3,18H,4-9H2,1H3. The van der Waals surface area contributed by atoms with E-state index in [9.17, 15) is 18.0 Å². The lowest BCUT2D eigenvalue weighted by Crippen LogP contribution is -2.55. The van der Waals surface area contributed by atoms with Gasteiger partial charge in [0, 0.05) is 18.8 Å². The minimum atomic E-state index is -4.82. The number of alkyl halides is 3. The summed E-state index contributed by atoms with van der Waals surface area (Å²) in [7, 11) is 2.01. The molecule has 0 amide bonds. The van der Waals surface area contributed by atoms with Crippen molar-refractivity contribution in [1.82, 2.24) is 14.8 Å². The van der Waals surface area contributed by atoms with Gasteiger partial charge >= 0.3 is 6.18 Å². The van der Waals surface area contributed by atoms with Gasteiger partial charge < -0.3 is 9.88 Å². The number of halogens is 3. The molecule has 21 heavy (non-hydrogen) atoms. The molecule has 1 aromatic heterocycles. The van der Waals surface area contributed by atoms with Crippen LogP contribution in [0.1, 0.15) is 29.0 Å². The molecule has 0 aliphatic carbocycles. The Hall–Kier alpha value is -1.34. The first-order chi connectivity index (χ1) is 9.86. The second-order valence-corrected chi connectivity index (χ2v) is 5.79. The number of carbonyl (C=O) groups excluding carboxylic acids is 1. The monoisotopic (exact) mass is 301 g/mol. The SMILES string of the molecule is CN1CCn2c(C(=O)C(F)(F)F)ccc2C12CCNCC2. The van der Waals surface area contributed by atoms with Crippen LogP contribution in [0, 0.1) is 0 Å². The zero-order valence-electron chi connectivity index (χ0n) is 11.8. The smallest absolute Gasteiger partial charge is 0.339 e. The Morgan fingerprint density at radius 1 is 1.24 bits per heavy atom. The Bertz CT molecular complexity index is 558. The number of fused-ring (bicyclic) bond motifs is 2. The third-order valence-electron chi connectivity index (χ3n) is 4.77. The zero-order valence-corrected chi connectivity index (χ0v) is 11.8. The molecule has 1 N–H and O–H groups in total. The summed E-state index contributed by atoms with van der Waals surface area (Å²) in [4.78, 5) is 13.8.